The topological polar surface area (TPSA) is 70.6 Å². The molecule has 2 aromatic carbocycles. The summed E-state index contributed by atoms with van der Waals surface area (Å²) in [6.07, 6.45) is 0. The van der Waals surface area contributed by atoms with Crippen LogP contribution < -0.4 is 4.74 Å². The first-order chi connectivity index (χ1) is 13.5. The highest BCUT2D eigenvalue weighted by Crippen LogP contribution is 2.30. The molecule has 4 aromatic rings. The van der Waals surface area contributed by atoms with E-state index in [0.717, 1.165) is 16.6 Å². The summed E-state index contributed by atoms with van der Waals surface area (Å²) in [5.41, 5.74) is 4.13. The summed E-state index contributed by atoms with van der Waals surface area (Å²) >= 11 is 0. The predicted octanol–water partition coefficient (Wildman–Crippen LogP) is 4.16. The smallest absolute Gasteiger partial charge is 0.253 e. The number of amides is 1. The first-order valence-electron chi connectivity index (χ1n) is 8.80. The SMILES string of the molecule is Cc1cc(Oc2ccc(C(=O)N(C)C)cc2)n2c(nc3ccccc32)c1C#N. The van der Waals surface area contributed by atoms with Gasteiger partial charge in [0.2, 0.25) is 5.88 Å². The maximum absolute atomic E-state index is 12.1. The molecule has 6 nitrogen and oxygen atoms in total. The Balaban J connectivity index is 1.83. The molecule has 0 aliphatic rings. The van der Waals surface area contributed by atoms with E-state index in [0.29, 0.717) is 28.4 Å². The van der Waals surface area contributed by atoms with Crippen molar-refractivity contribution in [3.05, 3.63) is 71.3 Å². The summed E-state index contributed by atoms with van der Waals surface area (Å²) in [7, 11) is 3.43. The van der Waals surface area contributed by atoms with Gasteiger partial charge in [-0.1, -0.05) is 12.1 Å². The lowest BCUT2D eigenvalue weighted by Crippen LogP contribution is -2.21. The lowest BCUT2D eigenvalue weighted by molar-refractivity contribution is 0.0827. The minimum atomic E-state index is -0.0660. The molecule has 4 rings (SSSR count). The normalized spacial score (nSPS) is 10.8. The zero-order chi connectivity index (χ0) is 19.8. The summed E-state index contributed by atoms with van der Waals surface area (Å²) in [5.74, 6) is 1.09. The van der Waals surface area contributed by atoms with E-state index in [2.05, 4.69) is 11.1 Å². The summed E-state index contributed by atoms with van der Waals surface area (Å²) in [6.45, 7) is 1.86. The Hall–Kier alpha value is -3.85. The summed E-state index contributed by atoms with van der Waals surface area (Å²) < 4.78 is 7.97. The number of hydrogen-bond acceptors (Lipinski definition) is 4. The molecule has 0 radical (unpaired) electrons. The molecule has 0 N–H and O–H groups in total. The highest BCUT2D eigenvalue weighted by atomic mass is 16.5. The van der Waals surface area contributed by atoms with Crippen LogP contribution in [0.1, 0.15) is 21.5 Å². The Morgan fingerprint density at radius 1 is 1.14 bits per heavy atom. The molecule has 1 amide bonds. The highest BCUT2D eigenvalue weighted by Gasteiger charge is 2.16. The molecule has 0 spiro atoms. The second-order valence-corrected chi connectivity index (χ2v) is 6.74. The minimum absolute atomic E-state index is 0.0660. The van der Waals surface area contributed by atoms with Gasteiger partial charge in [-0.2, -0.15) is 5.26 Å². The number of aryl methyl sites for hydroxylation is 1. The van der Waals surface area contributed by atoms with E-state index in [4.69, 9.17) is 4.74 Å². The maximum atomic E-state index is 12.1. The van der Waals surface area contributed by atoms with Crippen LogP contribution in [-0.4, -0.2) is 34.3 Å². The number of carbonyl (C=O) groups is 1. The second kappa shape index (κ2) is 6.71. The number of carbonyl (C=O) groups excluding carboxylic acids is 1. The van der Waals surface area contributed by atoms with Crippen LogP contribution in [0.25, 0.3) is 16.7 Å². The van der Waals surface area contributed by atoms with Gasteiger partial charge in [-0.05, 0) is 48.9 Å². The molecule has 0 bridgehead atoms. The van der Waals surface area contributed by atoms with Gasteiger partial charge in [-0.15, -0.1) is 0 Å². The predicted molar refractivity (Wildman–Crippen MR) is 107 cm³/mol. The third-order valence-corrected chi connectivity index (χ3v) is 4.58. The maximum Gasteiger partial charge on any atom is 0.253 e. The molecule has 138 valence electrons. The number of ether oxygens (including phenoxy) is 1. The Morgan fingerprint density at radius 2 is 1.86 bits per heavy atom. The van der Waals surface area contributed by atoms with Crippen molar-refractivity contribution in [2.75, 3.05) is 14.1 Å². The van der Waals surface area contributed by atoms with Crippen molar-refractivity contribution in [1.82, 2.24) is 14.3 Å². The van der Waals surface area contributed by atoms with Crippen LogP contribution in [0.4, 0.5) is 0 Å². The molecule has 0 saturated heterocycles. The van der Waals surface area contributed by atoms with Crippen molar-refractivity contribution < 1.29 is 9.53 Å². The van der Waals surface area contributed by atoms with Crippen LogP contribution in [0.5, 0.6) is 11.6 Å². The third kappa shape index (κ3) is 2.83. The van der Waals surface area contributed by atoms with E-state index in [1.807, 2.05) is 41.7 Å². The van der Waals surface area contributed by atoms with Crippen LogP contribution in [0.3, 0.4) is 0 Å². The molecule has 0 atom stereocenters. The largest absolute Gasteiger partial charge is 0.440 e. The summed E-state index contributed by atoms with van der Waals surface area (Å²) in [6, 6.07) is 18.7. The van der Waals surface area contributed by atoms with Gasteiger partial charge in [0.15, 0.2) is 5.65 Å². The monoisotopic (exact) mass is 370 g/mol. The van der Waals surface area contributed by atoms with E-state index >= 15 is 0 Å². The van der Waals surface area contributed by atoms with Crippen LogP contribution in [0.2, 0.25) is 0 Å². The second-order valence-electron chi connectivity index (χ2n) is 6.74. The Kier molecular flexibility index (Phi) is 4.21. The van der Waals surface area contributed by atoms with Crippen LogP contribution in [0.15, 0.2) is 54.6 Å². The van der Waals surface area contributed by atoms with E-state index in [1.54, 1.807) is 38.4 Å². The molecular formula is C22H18N4O2. The number of rotatable bonds is 3. The molecule has 0 aliphatic heterocycles. The van der Waals surface area contributed by atoms with Crippen LogP contribution >= 0.6 is 0 Å². The van der Waals surface area contributed by atoms with E-state index < -0.39 is 0 Å². The number of para-hydroxylation sites is 2. The van der Waals surface area contributed by atoms with Gasteiger partial charge in [0.05, 0.1) is 16.6 Å². The molecule has 0 aliphatic carbocycles. The Morgan fingerprint density at radius 3 is 2.54 bits per heavy atom. The van der Waals surface area contributed by atoms with Gasteiger partial charge in [0, 0.05) is 25.7 Å². The molecule has 2 heterocycles. The van der Waals surface area contributed by atoms with Crippen LogP contribution in [0, 0.1) is 18.3 Å². The lowest BCUT2D eigenvalue weighted by Gasteiger charge is -2.13. The highest BCUT2D eigenvalue weighted by molar-refractivity contribution is 5.94. The molecule has 0 saturated carbocycles. The van der Waals surface area contributed by atoms with E-state index in [-0.39, 0.29) is 5.91 Å². The zero-order valence-electron chi connectivity index (χ0n) is 15.8. The number of aromatic nitrogens is 2. The molecule has 2 aromatic heterocycles. The number of hydrogen-bond donors (Lipinski definition) is 0. The van der Waals surface area contributed by atoms with E-state index in [9.17, 15) is 10.1 Å². The third-order valence-electron chi connectivity index (χ3n) is 4.58. The molecule has 6 heteroatoms. The molecule has 0 unspecified atom stereocenters. The zero-order valence-corrected chi connectivity index (χ0v) is 15.8. The minimum Gasteiger partial charge on any atom is -0.440 e. The summed E-state index contributed by atoms with van der Waals surface area (Å²) in [5, 5.41) is 9.57. The number of imidazole rings is 1. The fourth-order valence-electron chi connectivity index (χ4n) is 3.17. The first kappa shape index (κ1) is 17.6. The molecule has 0 fully saturated rings. The summed E-state index contributed by atoms with van der Waals surface area (Å²) in [4.78, 5) is 18.2. The van der Waals surface area contributed by atoms with Crippen molar-refractivity contribution >= 4 is 22.6 Å². The Labute approximate surface area is 162 Å². The van der Waals surface area contributed by atoms with Gasteiger partial charge in [-0.25, -0.2) is 4.98 Å². The Bertz CT molecular complexity index is 1250. The fourth-order valence-corrected chi connectivity index (χ4v) is 3.17. The molecule has 28 heavy (non-hydrogen) atoms. The van der Waals surface area contributed by atoms with Crippen LogP contribution in [-0.2, 0) is 0 Å². The van der Waals surface area contributed by atoms with Gasteiger partial charge in [0.25, 0.3) is 5.91 Å². The van der Waals surface area contributed by atoms with Gasteiger partial charge >= 0.3 is 0 Å². The number of fused-ring (bicyclic) bond motifs is 3. The van der Waals surface area contributed by atoms with Gasteiger partial charge in [-0.3, -0.25) is 9.20 Å². The number of pyridine rings is 1. The van der Waals surface area contributed by atoms with Crippen molar-refractivity contribution in [3.63, 3.8) is 0 Å². The van der Waals surface area contributed by atoms with Crippen molar-refractivity contribution in [3.8, 4) is 17.7 Å². The number of benzene rings is 2. The quantitative estimate of drug-likeness (QED) is 0.543. The number of nitrogens with zero attached hydrogens (tertiary/aromatic N) is 4. The first-order valence-corrected chi connectivity index (χ1v) is 8.80. The van der Waals surface area contributed by atoms with Gasteiger partial charge in [0.1, 0.15) is 11.8 Å². The van der Waals surface area contributed by atoms with E-state index in [1.165, 1.54) is 4.90 Å². The average molecular weight is 370 g/mol. The average Bonchev–Trinajstić information content (AvgIpc) is 3.07. The van der Waals surface area contributed by atoms with Crippen molar-refractivity contribution in [2.45, 2.75) is 6.92 Å². The van der Waals surface area contributed by atoms with Crippen molar-refractivity contribution in [2.24, 2.45) is 0 Å². The lowest BCUT2D eigenvalue weighted by atomic mass is 10.1. The van der Waals surface area contributed by atoms with Crippen molar-refractivity contribution in [1.29, 1.82) is 5.26 Å². The van der Waals surface area contributed by atoms with Gasteiger partial charge < -0.3 is 9.64 Å². The standard InChI is InChI=1S/C22H18N4O2/c1-14-12-20(28-16-10-8-15(9-11-16)22(27)25(2)3)26-19-7-5-4-6-18(19)24-21(26)17(14)13-23/h4-12H,1-3H3. The fraction of sp³-hybridized carbons (Fsp3) is 0.136. The number of nitriles is 1. The molecular weight excluding hydrogens is 352 g/mol.